The SMILES string of the molecule is O=C(COc1ccc(C=C2C(=O)NC(=O)NC2=O)cc1)Nc1cccc2ccccc12. The van der Waals surface area contributed by atoms with E-state index in [1.165, 1.54) is 6.08 Å². The molecule has 1 fully saturated rings. The minimum atomic E-state index is -0.849. The molecule has 3 N–H and O–H groups in total. The Morgan fingerprint density at radius 3 is 2.29 bits per heavy atom. The van der Waals surface area contributed by atoms with Gasteiger partial charge < -0.3 is 10.1 Å². The number of fused-ring (bicyclic) bond motifs is 1. The zero-order valence-corrected chi connectivity index (χ0v) is 16.2. The molecule has 0 aliphatic carbocycles. The predicted octanol–water partition coefficient (Wildman–Crippen LogP) is 2.61. The Balaban J connectivity index is 1.38. The van der Waals surface area contributed by atoms with Crippen LogP contribution in [0.2, 0.25) is 0 Å². The largest absolute Gasteiger partial charge is 0.484 e. The van der Waals surface area contributed by atoms with Gasteiger partial charge in [-0.05, 0) is 35.2 Å². The van der Waals surface area contributed by atoms with E-state index in [4.69, 9.17) is 4.74 Å². The zero-order chi connectivity index (χ0) is 21.8. The predicted molar refractivity (Wildman–Crippen MR) is 114 cm³/mol. The van der Waals surface area contributed by atoms with Crippen LogP contribution in [0.1, 0.15) is 5.56 Å². The summed E-state index contributed by atoms with van der Waals surface area (Å²) >= 11 is 0. The fourth-order valence-corrected chi connectivity index (χ4v) is 3.10. The second-order valence-electron chi connectivity index (χ2n) is 6.73. The van der Waals surface area contributed by atoms with Crippen molar-refractivity contribution < 1.29 is 23.9 Å². The monoisotopic (exact) mass is 415 g/mol. The molecule has 0 radical (unpaired) electrons. The van der Waals surface area contributed by atoms with Crippen molar-refractivity contribution in [1.82, 2.24) is 10.6 Å². The Morgan fingerprint density at radius 1 is 0.871 bits per heavy atom. The molecule has 0 unspecified atom stereocenters. The van der Waals surface area contributed by atoms with Crippen LogP contribution in [0.4, 0.5) is 10.5 Å². The molecule has 31 heavy (non-hydrogen) atoms. The van der Waals surface area contributed by atoms with Crippen molar-refractivity contribution in [2.45, 2.75) is 0 Å². The maximum absolute atomic E-state index is 12.3. The van der Waals surface area contributed by atoms with Crippen molar-refractivity contribution in [3.8, 4) is 5.75 Å². The van der Waals surface area contributed by atoms with E-state index in [2.05, 4.69) is 5.32 Å². The number of hydrogen-bond acceptors (Lipinski definition) is 5. The summed E-state index contributed by atoms with van der Waals surface area (Å²) in [5, 5.41) is 8.82. The van der Waals surface area contributed by atoms with E-state index in [0.29, 0.717) is 17.0 Å². The molecule has 1 heterocycles. The van der Waals surface area contributed by atoms with Gasteiger partial charge in [-0.25, -0.2) is 4.79 Å². The summed E-state index contributed by atoms with van der Waals surface area (Å²) < 4.78 is 5.52. The van der Waals surface area contributed by atoms with Gasteiger partial charge in [-0.15, -0.1) is 0 Å². The summed E-state index contributed by atoms with van der Waals surface area (Å²) in [6.45, 7) is -0.184. The molecular formula is C23H17N3O5. The molecule has 1 aliphatic rings. The molecule has 1 aliphatic heterocycles. The summed E-state index contributed by atoms with van der Waals surface area (Å²) in [7, 11) is 0. The summed E-state index contributed by atoms with van der Waals surface area (Å²) in [5.74, 6) is -1.39. The third-order valence-electron chi connectivity index (χ3n) is 4.57. The van der Waals surface area contributed by atoms with Crippen LogP contribution < -0.4 is 20.7 Å². The van der Waals surface area contributed by atoms with E-state index >= 15 is 0 Å². The van der Waals surface area contributed by atoms with Crippen LogP contribution in [0.5, 0.6) is 5.75 Å². The van der Waals surface area contributed by atoms with E-state index in [1.54, 1.807) is 24.3 Å². The maximum atomic E-state index is 12.3. The van der Waals surface area contributed by atoms with Gasteiger partial charge in [-0.1, -0.05) is 48.5 Å². The highest BCUT2D eigenvalue weighted by atomic mass is 16.5. The standard InChI is InChI=1S/C23H17N3O5/c27-20(24-19-7-3-5-15-4-1-2-6-17(15)19)13-31-16-10-8-14(9-11-16)12-18-21(28)25-23(30)26-22(18)29/h1-12H,13H2,(H,24,27)(H2,25,26,28,29,30). The lowest BCUT2D eigenvalue weighted by molar-refractivity contribution is -0.124. The number of carbonyl (C=O) groups is 4. The molecule has 154 valence electrons. The number of benzene rings is 3. The van der Waals surface area contributed by atoms with Crippen molar-refractivity contribution in [1.29, 1.82) is 0 Å². The normalized spacial score (nSPS) is 13.4. The number of anilines is 1. The van der Waals surface area contributed by atoms with Crippen molar-refractivity contribution in [3.05, 3.63) is 77.9 Å². The molecule has 0 spiro atoms. The van der Waals surface area contributed by atoms with Crippen molar-refractivity contribution >= 4 is 46.3 Å². The smallest absolute Gasteiger partial charge is 0.328 e. The summed E-state index contributed by atoms with van der Waals surface area (Å²) in [6.07, 6.45) is 1.36. The second-order valence-corrected chi connectivity index (χ2v) is 6.73. The van der Waals surface area contributed by atoms with Gasteiger partial charge in [-0.2, -0.15) is 0 Å². The Morgan fingerprint density at radius 2 is 1.55 bits per heavy atom. The lowest BCUT2D eigenvalue weighted by Crippen LogP contribution is -2.51. The van der Waals surface area contributed by atoms with E-state index in [0.717, 1.165) is 10.8 Å². The highest BCUT2D eigenvalue weighted by Gasteiger charge is 2.27. The number of urea groups is 1. The van der Waals surface area contributed by atoms with Gasteiger partial charge in [0.1, 0.15) is 11.3 Å². The number of imide groups is 2. The van der Waals surface area contributed by atoms with Gasteiger partial charge in [0.2, 0.25) is 0 Å². The first-order valence-corrected chi connectivity index (χ1v) is 9.38. The second kappa shape index (κ2) is 8.50. The van der Waals surface area contributed by atoms with Crippen LogP contribution in [0, 0.1) is 0 Å². The zero-order valence-electron chi connectivity index (χ0n) is 16.2. The van der Waals surface area contributed by atoms with Crippen molar-refractivity contribution in [2.75, 3.05) is 11.9 Å². The average molecular weight is 415 g/mol. The fraction of sp³-hybridized carbons (Fsp3) is 0.0435. The van der Waals surface area contributed by atoms with Crippen LogP contribution in [0.25, 0.3) is 16.8 Å². The molecule has 3 aromatic rings. The molecule has 8 nitrogen and oxygen atoms in total. The number of carbonyl (C=O) groups excluding carboxylic acids is 4. The number of nitrogens with one attached hydrogen (secondary N) is 3. The van der Waals surface area contributed by atoms with Crippen molar-refractivity contribution in [3.63, 3.8) is 0 Å². The van der Waals surface area contributed by atoms with Crippen LogP contribution in [-0.2, 0) is 14.4 Å². The average Bonchev–Trinajstić information content (AvgIpc) is 2.76. The number of barbiturate groups is 1. The van der Waals surface area contributed by atoms with Crippen LogP contribution >= 0.6 is 0 Å². The molecule has 8 heteroatoms. The molecule has 0 bridgehead atoms. The fourth-order valence-electron chi connectivity index (χ4n) is 3.10. The van der Waals surface area contributed by atoms with Gasteiger partial charge in [0.05, 0.1) is 0 Å². The first kappa shape index (κ1) is 19.8. The lowest BCUT2D eigenvalue weighted by Gasteiger charge is -2.14. The summed E-state index contributed by atoms with van der Waals surface area (Å²) in [6, 6.07) is 19.0. The highest BCUT2D eigenvalue weighted by molar-refractivity contribution is 6.31. The molecule has 0 saturated carbocycles. The van der Waals surface area contributed by atoms with E-state index in [-0.39, 0.29) is 18.1 Å². The third-order valence-corrected chi connectivity index (χ3v) is 4.57. The molecule has 5 amide bonds. The summed E-state index contributed by atoms with van der Waals surface area (Å²) in [4.78, 5) is 46.9. The molecule has 0 atom stereocenters. The quantitative estimate of drug-likeness (QED) is 0.438. The van der Waals surface area contributed by atoms with Gasteiger partial charge >= 0.3 is 6.03 Å². The summed E-state index contributed by atoms with van der Waals surface area (Å²) in [5.41, 5.74) is 1.08. The lowest BCUT2D eigenvalue weighted by atomic mass is 10.1. The van der Waals surface area contributed by atoms with Crippen LogP contribution in [0.15, 0.2) is 72.3 Å². The van der Waals surface area contributed by atoms with Gasteiger partial charge in [0.15, 0.2) is 6.61 Å². The Hall–Kier alpha value is -4.46. The van der Waals surface area contributed by atoms with Crippen molar-refractivity contribution in [2.24, 2.45) is 0 Å². The molecule has 4 rings (SSSR count). The third kappa shape index (κ3) is 4.59. The number of ether oxygens (including phenoxy) is 1. The van der Waals surface area contributed by atoms with Gasteiger partial charge in [0, 0.05) is 11.1 Å². The van der Waals surface area contributed by atoms with E-state index < -0.39 is 17.8 Å². The minimum Gasteiger partial charge on any atom is -0.484 e. The molecular weight excluding hydrogens is 398 g/mol. The van der Waals surface area contributed by atoms with Gasteiger partial charge in [0.25, 0.3) is 17.7 Å². The number of amides is 5. The molecule has 3 aromatic carbocycles. The van der Waals surface area contributed by atoms with Crippen LogP contribution in [-0.4, -0.2) is 30.4 Å². The van der Waals surface area contributed by atoms with E-state index in [9.17, 15) is 19.2 Å². The Bertz CT molecular complexity index is 1200. The molecule has 1 saturated heterocycles. The first-order chi connectivity index (χ1) is 15.0. The van der Waals surface area contributed by atoms with Gasteiger partial charge in [-0.3, -0.25) is 25.0 Å². The first-order valence-electron chi connectivity index (χ1n) is 9.38. The highest BCUT2D eigenvalue weighted by Crippen LogP contribution is 2.23. The Labute approximate surface area is 176 Å². The minimum absolute atomic E-state index is 0.178. The van der Waals surface area contributed by atoms with Crippen LogP contribution in [0.3, 0.4) is 0 Å². The topological polar surface area (TPSA) is 114 Å². The van der Waals surface area contributed by atoms with E-state index in [1.807, 2.05) is 53.1 Å². The number of rotatable bonds is 5. The maximum Gasteiger partial charge on any atom is 0.328 e. The molecule has 0 aromatic heterocycles. The Kier molecular flexibility index (Phi) is 5.44. The number of hydrogen-bond donors (Lipinski definition) is 3.